The summed E-state index contributed by atoms with van der Waals surface area (Å²) in [5, 5.41) is 6.88. The molecule has 40 heavy (non-hydrogen) atoms. The van der Waals surface area contributed by atoms with Crippen LogP contribution in [-0.2, 0) is 15.7 Å². The molecule has 0 saturated carbocycles. The molecule has 1 N–H and O–H groups in total. The highest BCUT2D eigenvalue weighted by Crippen LogP contribution is 2.40. The Balaban J connectivity index is 2.10. The van der Waals surface area contributed by atoms with Crippen LogP contribution in [0.4, 0.5) is 13.2 Å². The van der Waals surface area contributed by atoms with E-state index in [1.807, 2.05) is 25.1 Å². The van der Waals surface area contributed by atoms with Gasteiger partial charge in [-0.1, -0.05) is 35.3 Å². The maximum absolute atomic E-state index is 14.2. The molecule has 1 unspecified atom stereocenters. The summed E-state index contributed by atoms with van der Waals surface area (Å²) in [6, 6.07) is 7.71. The predicted octanol–water partition coefficient (Wildman–Crippen LogP) is 7.08. The number of nitrogens with zero attached hydrogens (tertiary/aromatic N) is 3. The molecule has 0 radical (unpaired) electrons. The van der Waals surface area contributed by atoms with E-state index < -0.39 is 17.7 Å². The number of methoxy groups -OCH3 is 3. The van der Waals surface area contributed by atoms with E-state index in [0.717, 1.165) is 36.8 Å². The number of ether oxygens (including phenoxy) is 3. The minimum absolute atomic E-state index is 0.00443. The van der Waals surface area contributed by atoms with Crippen molar-refractivity contribution in [1.29, 1.82) is 0 Å². The minimum Gasteiger partial charge on any atom is -0.496 e. The zero-order chi connectivity index (χ0) is 29.4. The average molecular weight is 622 g/mol. The number of H-pyrrole nitrogens is 1. The van der Waals surface area contributed by atoms with Gasteiger partial charge in [-0.05, 0) is 67.9 Å². The molecule has 3 aromatic rings. The van der Waals surface area contributed by atoms with Crippen molar-refractivity contribution in [2.45, 2.75) is 31.9 Å². The molecule has 1 aromatic heterocycles. The Bertz CT molecular complexity index is 1330. The zero-order valence-corrected chi connectivity index (χ0v) is 25.1. The fraction of sp³-hybridized carbons (Fsp3) is 0.481. The second-order valence-electron chi connectivity index (χ2n) is 9.25. The molecule has 220 valence electrons. The number of benzene rings is 2. The quantitative estimate of drug-likeness (QED) is 0.194. The smallest absolute Gasteiger partial charge is 0.418 e. The van der Waals surface area contributed by atoms with Crippen molar-refractivity contribution in [3.8, 4) is 11.4 Å². The van der Waals surface area contributed by atoms with Crippen molar-refractivity contribution in [3.05, 3.63) is 67.7 Å². The summed E-state index contributed by atoms with van der Waals surface area (Å²) < 4.78 is 59.8. The van der Waals surface area contributed by atoms with Crippen LogP contribution in [-0.4, -0.2) is 73.8 Å². The van der Waals surface area contributed by atoms with E-state index in [0.29, 0.717) is 37.6 Å². The van der Waals surface area contributed by atoms with E-state index in [4.69, 9.17) is 49.6 Å². The molecule has 0 amide bonds. The third-order valence-electron chi connectivity index (χ3n) is 6.62. The minimum atomic E-state index is -4.71. The lowest BCUT2D eigenvalue weighted by Crippen LogP contribution is -2.32. The molecule has 0 fully saturated rings. The molecule has 3 rings (SSSR count). The number of nitrogens with one attached hydrogen (secondary N) is 1. The first kappa shape index (κ1) is 32.4. The van der Waals surface area contributed by atoms with E-state index in [1.54, 1.807) is 21.3 Å². The Morgan fingerprint density at radius 2 is 1.68 bits per heavy atom. The summed E-state index contributed by atoms with van der Waals surface area (Å²) in [5.41, 5.74) is 0.539. The lowest BCUT2D eigenvalue weighted by atomic mass is 9.91. The number of hydrogen-bond donors (Lipinski definition) is 1. The van der Waals surface area contributed by atoms with Crippen LogP contribution in [0.25, 0.3) is 5.69 Å². The predicted molar refractivity (Wildman–Crippen MR) is 153 cm³/mol. The Morgan fingerprint density at radius 3 is 2.27 bits per heavy atom. The summed E-state index contributed by atoms with van der Waals surface area (Å²) in [6.45, 7) is 5.22. The monoisotopic (exact) mass is 620 g/mol. The number of aryl methyl sites for hydroxylation is 1. The molecule has 0 aliphatic rings. The van der Waals surface area contributed by atoms with Gasteiger partial charge in [-0.15, -0.1) is 0 Å². The van der Waals surface area contributed by atoms with Crippen LogP contribution in [0.15, 0.2) is 30.3 Å². The topological polar surface area (TPSA) is 64.5 Å². The maximum atomic E-state index is 14.2. The summed E-state index contributed by atoms with van der Waals surface area (Å²) >= 11 is 17.6. The van der Waals surface area contributed by atoms with Crippen LogP contribution in [0, 0.1) is 11.7 Å². The number of rotatable bonds is 14. The Hall–Kier alpha value is -2.15. The van der Waals surface area contributed by atoms with Crippen molar-refractivity contribution in [2.75, 3.05) is 54.2 Å². The Morgan fingerprint density at radius 1 is 1.02 bits per heavy atom. The molecule has 13 heteroatoms. The van der Waals surface area contributed by atoms with Crippen molar-refractivity contribution < 1.29 is 27.4 Å². The van der Waals surface area contributed by atoms with Crippen LogP contribution in [0.5, 0.6) is 5.75 Å². The largest absolute Gasteiger partial charge is 0.496 e. The van der Waals surface area contributed by atoms with Crippen molar-refractivity contribution in [2.24, 2.45) is 0 Å². The summed E-state index contributed by atoms with van der Waals surface area (Å²) in [4.78, 5) is 2.22. The van der Waals surface area contributed by atoms with Gasteiger partial charge in [0.15, 0.2) is 4.77 Å². The normalized spacial score (nSPS) is 12.8. The maximum Gasteiger partial charge on any atom is 0.418 e. The molecule has 1 heterocycles. The molecular formula is C27H33Cl2F3N4O3S. The van der Waals surface area contributed by atoms with Crippen LogP contribution < -0.4 is 4.74 Å². The lowest BCUT2D eigenvalue weighted by molar-refractivity contribution is -0.137. The average Bonchev–Trinajstić information content (AvgIpc) is 3.29. The van der Waals surface area contributed by atoms with Gasteiger partial charge in [-0.25, -0.2) is 0 Å². The summed E-state index contributed by atoms with van der Waals surface area (Å²) in [6.07, 6.45) is -3.44. The standard InChI is InChI=1S/C27H33Cl2F3N4O3S/c1-17-7-8-18(14-24(17)39-4)19(6-5-9-35(10-12-37-2)11-13-38-3)25-33-34-26(40)36(25)23-16-22(29)21(28)15-20(23)27(30,31)32/h7-8,14-16,19H,5-6,9-13H2,1-4H3,(H,34,40). The summed E-state index contributed by atoms with van der Waals surface area (Å²) in [7, 11) is 4.87. The van der Waals surface area contributed by atoms with Gasteiger partial charge in [-0.2, -0.15) is 18.3 Å². The van der Waals surface area contributed by atoms with E-state index in [-0.39, 0.29) is 20.5 Å². The Labute approximate surface area is 247 Å². The first-order valence-electron chi connectivity index (χ1n) is 12.6. The molecule has 7 nitrogen and oxygen atoms in total. The van der Waals surface area contributed by atoms with Crippen molar-refractivity contribution in [1.82, 2.24) is 19.7 Å². The van der Waals surface area contributed by atoms with Crippen LogP contribution in [0.3, 0.4) is 0 Å². The molecule has 0 bridgehead atoms. The molecular weight excluding hydrogens is 588 g/mol. The number of aromatic amines is 1. The highest BCUT2D eigenvalue weighted by atomic mass is 35.5. The fourth-order valence-corrected chi connectivity index (χ4v) is 5.08. The molecule has 1 atom stereocenters. The van der Waals surface area contributed by atoms with E-state index in [9.17, 15) is 13.2 Å². The fourth-order valence-electron chi connectivity index (χ4n) is 4.52. The van der Waals surface area contributed by atoms with Crippen molar-refractivity contribution in [3.63, 3.8) is 0 Å². The number of alkyl halides is 3. The van der Waals surface area contributed by atoms with Crippen molar-refractivity contribution >= 4 is 35.4 Å². The second kappa shape index (κ2) is 14.7. The van der Waals surface area contributed by atoms with Gasteiger partial charge in [0.25, 0.3) is 0 Å². The molecule has 2 aromatic carbocycles. The third kappa shape index (κ3) is 7.98. The first-order valence-corrected chi connectivity index (χ1v) is 13.8. The molecule has 0 saturated heterocycles. The first-order chi connectivity index (χ1) is 19.0. The van der Waals surface area contributed by atoms with Gasteiger partial charge < -0.3 is 14.2 Å². The number of aromatic nitrogens is 3. The van der Waals surface area contributed by atoms with E-state index in [2.05, 4.69) is 15.1 Å². The van der Waals surface area contributed by atoms with Gasteiger partial charge in [0.1, 0.15) is 11.6 Å². The lowest BCUT2D eigenvalue weighted by Gasteiger charge is -2.24. The molecule has 0 aliphatic carbocycles. The number of hydrogen-bond acceptors (Lipinski definition) is 6. The number of halogens is 5. The highest BCUT2D eigenvalue weighted by Gasteiger charge is 2.36. The molecule has 0 spiro atoms. The van der Waals surface area contributed by atoms with Gasteiger partial charge in [0.2, 0.25) is 0 Å². The van der Waals surface area contributed by atoms with E-state index in [1.165, 1.54) is 10.6 Å². The third-order valence-corrected chi connectivity index (χ3v) is 7.62. The van der Waals surface area contributed by atoms with E-state index >= 15 is 0 Å². The molecule has 0 aliphatic heterocycles. The van der Waals surface area contributed by atoms with Gasteiger partial charge >= 0.3 is 6.18 Å². The van der Waals surface area contributed by atoms with Crippen LogP contribution >= 0.6 is 35.4 Å². The zero-order valence-electron chi connectivity index (χ0n) is 22.8. The van der Waals surface area contributed by atoms with Gasteiger partial charge in [0.05, 0.1) is 41.6 Å². The van der Waals surface area contributed by atoms with Gasteiger partial charge in [0, 0.05) is 33.2 Å². The second-order valence-corrected chi connectivity index (χ2v) is 10.5. The highest BCUT2D eigenvalue weighted by molar-refractivity contribution is 7.71. The summed E-state index contributed by atoms with van der Waals surface area (Å²) in [5.74, 6) is 0.556. The van der Waals surface area contributed by atoms with Crippen LogP contribution in [0.1, 0.15) is 41.3 Å². The Kier molecular flexibility index (Phi) is 11.9. The van der Waals surface area contributed by atoms with Gasteiger partial charge in [-0.3, -0.25) is 14.6 Å². The van der Waals surface area contributed by atoms with Crippen LogP contribution in [0.2, 0.25) is 10.0 Å². The SMILES string of the molecule is COCCN(CCCC(c1ccc(C)c(OC)c1)c1n[nH]c(=S)n1-c1cc(Cl)c(Cl)cc1C(F)(F)F)CCOC.